The van der Waals surface area contributed by atoms with Crippen LogP contribution in [0.3, 0.4) is 0 Å². The number of nitrogens with zero attached hydrogens (tertiary/aromatic N) is 5. The first-order valence-corrected chi connectivity index (χ1v) is 7.99. The van der Waals surface area contributed by atoms with Gasteiger partial charge in [-0.3, -0.25) is 4.79 Å². The van der Waals surface area contributed by atoms with Crippen molar-refractivity contribution in [3.63, 3.8) is 0 Å². The SMILES string of the molecule is C=C(C)CN(CC)C(=O)CSc1nnnn1-c1ccccc1. The molecule has 0 bridgehead atoms. The zero-order valence-electron chi connectivity index (χ0n) is 12.8. The summed E-state index contributed by atoms with van der Waals surface area (Å²) >= 11 is 1.33. The van der Waals surface area contributed by atoms with Crippen molar-refractivity contribution < 1.29 is 4.79 Å². The summed E-state index contributed by atoms with van der Waals surface area (Å²) in [6, 6.07) is 9.61. The van der Waals surface area contributed by atoms with Crippen LogP contribution in [0.25, 0.3) is 5.69 Å². The van der Waals surface area contributed by atoms with Crippen molar-refractivity contribution in [1.82, 2.24) is 25.1 Å². The molecule has 0 saturated heterocycles. The van der Waals surface area contributed by atoms with E-state index in [2.05, 4.69) is 22.1 Å². The van der Waals surface area contributed by atoms with Crippen LogP contribution in [0, 0.1) is 0 Å². The predicted octanol–water partition coefficient (Wildman–Crippen LogP) is 2.18. The molecule has 1 amide bonds. The number of aromatic nitrogens is 4. The fourth-order valence-electron chi connectivity index (χ4n) is 1.92. The topological polar surface area (TPSA) is 63.9 Å². The lowest BCUT2D eigenvalue weighted by molar-refractivity contribution is -0.127. The third kappa shape index (κ3) is 4.17. The molecule has 6 nitrogen and oxygen atoms in total. The van der Waals surface area contributed by atoms with Crippen LogP contribution in [-0.4, -0.2) is 49.9 Å². The van der Waals surface area contributed by atoms with Crippen molar-refractivity contribution in [2.75, 3.05) is 18.8 Å². The average molecular weight is 317 g/mol. The van der Waals surface area contributed by atoms with Gasteiger partial charge >= 0.3 is 0 Å². The summed E-state index contributed by atoms with van der Waals surface area (Å²) in [7, 11) is 0. The summed E-state index contributed by atoms with van der Waals surface area (Å²) in [5.41, 5.74) is 1.84. The maximum Gasteiger partial charge on any atom is 0.233 e. The van der Waals surface area contributed by atoms with Gasteiger partial charge in [0, 0.05) is 13.1 Å². The minimum atomic E-state index is 0.0538. The van der Waals surface area contributed by atoms with Gasteiger partial charge in [-0.2, -0.15) is 4.68 Å². The summed E-state index contributed by atoms with van der Waals surface area (Å²) in [5, 5.41) is 12.3. The molecule has 2 rings (SSSR count). The molecule has 0 radical (unpaired) electrons. The third-order valence-electron chi connectivity index (χ3n) is 2.96. The van der Waals surface area contributed by atoms with Gasteiger partial charge in [-0.25, -0.2) is 0 Å². The van der Waals surface area contributed by atoms with Gasteiger partial charge in [-0.05, 0) is 36.4 Å². The van der Waals surface area contributed by atoms with Crippen molar-refractivity contribution in [1.29, 1.82) is 0 Å². The van der Waals surface area contributed by atoms with E-state index < -0.39 is 0 Å². The Balaban J connectivity index is 2.02. The molecule has 1 heterocycles. The number of carbonyl (C=O) groups excluding carboxylic acids is 1. The number of tetrazole rings is 1. The summed E-state index contributed by atoms with van der Waals surface area (Å²) in [4.78, 5) is 14.0. The van der Waals surface area contributed by atoms with Gasteiger partial charge in [0.1, 0.15) is 0 Å². The highest BCUT2D eigenvalue weighted by Crippen LogP contribution is 2.18. The van der Waals surface area contributed by atoms with Crippen LogP contribution in [0.2, 0.25) is 0 Å². The molecule has 0 aliphatic heterocycles. The summed E-state index contributed by atoms with van der Waals surface area (Å²) in [5.74, 6) is 0.354. The molecular weight excluding hydrogens is 298 g/mol. The van der Waals surface area contributed by atoms with E-state index in [-0.39, 0.29) is 5.91 Å². The molecule has 0 spiro atoms. The molecule has 1 aromatic carbocycles. The van der Waals surface area contributed by atoms with E-state index in [1.54, 1.807) is 9.58 Å². The molecular formula is C15H19N5OS. The number of rotatable bonds is 7. The van der Waals surface area contributed by atoms with Gasteiger partial charge in [-0.15, -0.1) is 5.10 Å². The molecule has 1 aromatic heterocycles. The molecule has 22 heavy (non-hydrogen) atoms. The number of thioether (sulfide) groups is 1. The standard InChI is InChI=1S/C15H19N5OS/c1-4-19(10-12(2)3)14(21)11-22-15-16-17-18-20(15)13-8-6-5-7-9-13/h5-9H,2,4,10-11H2,1,3H3. The van der Waals surface area contributed by atoms with E-state index in [4.69, 9.17) is 0 Å². The fraction of sp³-hybridized carbons (Fsp3) is 0.333. The lowest BCUT2D eigenvalue weighted by Crippen LogP contribution is -2.33. The van der Waals surface area contributed by atoms with Crippen LogP contribution in [0.4, 0.5) is 0 Å². The highest BCUT2D eigenvalue weighted by atomic mass is 32.2. The first-order chi connectivity index (χ1) is 10.6. The second-order valence-electron chi connectivity index (χ2n) is 4.86. The average Bonchev–Trinajstić information content (AvgIpc) is 2.99. The van der Waals surface area contributed by atoms with Crippen molar-refractivity contribution in [3.05, 3.63) is 42.5 Å². The van der Waals surface area contributed by atoms with Crippen LogP contribution in [-0.2, 0) is 4.79 Å². The molecule has 7 heteroatoms. The number of hydrogen-bond acceptors (Lipinski definition) is 5. The first kappa shape index (κ1) is 16.2. The van der Waals surface area contributed by atoms with E-state index >= 15 is 0 Å². The Morgan fingerprint density at radius 1 is 1.36 bits per heavy atom. The van der Waals surface area contributed by atoms with Crippen LogP contribution < -0.4 is 0 Å². The summed E-state index contributed by atoms with van der Waals surface area (Å²) in [6.07, 6.45) is 0. The largest absolute Gasteiger partial charge is 0.338 e. The van der Waals surface area contributed by atoms with Crippen molar-refractivity contribution in [3.8, 4) is 5.69 Å². The number of likely N-dealkylation sites (N-methyl/N-ethyl adjacent to an activating group) is 1. The molecule has 0 N–H and O–H groups in total. The molecule has 2 aromatic rings. The van der Waals surface area contributed by atoms with Crippen molar-refractivity contribution in [2.45, 2.75) is 19.0 Å². The minimum absolute atomic E-state index is 0.0538. The molecule has 0 fully saturated rings. The highest BCUT2D eigenvalue weighted by molar-refractivity contribution is 7.99. The Labute approximate surface area is 134 Å². The first-order valence-electron chi connectivity index (χ1n) is 7.00. The van der Waals surface area contributed by atoms with Crippen LogP contribution in [0.15, 0.2) is 47.6 Å². The molecule has 0 saturated carbocycles. The van der Waals surface area contributed by atoms with E-state index in [9.17, 15) is 4.79 Å². The zero-order valence-corrected chi connectivity index (χ0v) is 13.6. The maximum atomic E-state index is 12.2. The van der Waals surface area contributed by atoms with Gasteiger partial charge < -0.3 is 4.90 Å². The van der Waals surface area contributed by atoms with Crippen molar-refractivity contribution >= 4 is 17.7 Å². The Hall–Kier alpha value is -2.15. The van der Waals surface area contributed by atoms with Crippen LogP contribution >= 0.6 is 11.8 Å². The van der Waals surface area contributed by atoms with Gasteiger partial charge in [0.15, 0.2) is 0 Å². The van der Waals surface area contributed by atoms with Gasteiger partial charge in [0.05, 0.1) is 11.4 Å². The number of carbonyl (C=O) groups is 1. The van der Waals surface area contributed by atoms with E-state index in [0.717, 1.165) is 11.3 Å². The third-order valence-corrected chi connectivity index (χ3v) is 3.87. The highest BCUT2D eigenvalue weighted by Gasteiger charge is 2.15. The number of hydrogen-bond donors (Lipinski definition) is 0. The Morgan fingerprint density at radius 2 is 2.09 bits per heavy atom. The zero-order chi connectivity index (χ0) is 15.9. The fourth-order valence-corrected chi connectivity index (χ4v) is 2.71. The Kier molecular flexibility index (Phi) is 5.71. The van der Waals surface area contributed by atoms with E-state index in [0.29, 0.717) is 24.0 Å². The normalized spacial score (nSPS) is 10.5. The minimum Gasteiger partial charge on any atom is -0.338 e. The van der Waals surface area contributed by atoms with Gasteiger partial charge in [0.25, 0.3) is 0 Å². The Bertz CT molecular complexity index is 640. The lowest BCUT2D eigenvalue weighted by atomic mass is 10.3. The number of benzene rings is 1. The lowest BCUT2D eigenvalue weighted by Gasteiger charge is -2.20. The quantitative estimate of drug-likeness (QED) is 0.578. The summed E-state index contributed by atoms with van der Waals surface area (Å²) in [6.45, 7) is 8.97. The van der Waals surface area contributed by atoms with Gasteiger partial charge in [0.2, 0.25) is 11.1 Å². The molecule has 0 aliphatic rings. The number of para-hydroxylation sites is 1. The van der Waals surface area contributed by atoms with E-state index in [1.807, 2.05) is 44.2 Å². The second-order valence-corrected chi connectivity index (χ2v) is 5.81. The van der Waals surface area contributed by atoms with Crippen LogP contribution in [0.1, 0.15) is 13.8 Å². The van der Waals surface area contributed by atoms with Gasteiger partial charge in [-0.1, -0.05) is 42.1 Å². The second kappa shape index (κ2) is 7.74. The predicted molar refractivity (Wildman–Crippen MR) is 86.9 cm³/mol. The number of amides is 1. The van der Waals surface area contributed by atoms with E-state index in [1.165, 1.54) is 11.8 Å². The van der Waals surface area contributed by atoms with Crippen molar-refractivity contribution in [2.24, 2.45) is 0 Å². The monoisotopic (exact) mass is 317 g/mol. The molecule has 0 unspecified atom stereocenters. The molecule has 116 valence electrons. The smallest absolute Gasteiger partial charge is 0.233 e. The van der Waals surface area contributed by atoms with Crippen LogP contribution in [0.5, 0.6) is 0 Å². The maximum absolute atomic E-state index is 12.2. The summed E-state index contributed by atoms with van der Waals surface area (Å²) < 4.78 is 1.63. The molecule has 0 atom stereocenters. The Morgan fingerprint density at radius 3 is 2.73 bits per heavy atom. The molecule has 0 aliphatic carbocycles.